The molecule has 3 rings (SSSR count). The number of anilines is 2. The molecule has 0 aliphatic carbocycles. The molecule has 0 radical (unpaired) electrons. The Kier molecular flexibility index (Phi) is 2.80. The number of carbonyl (C=O) groups excluding carboxylic acids is 3. The Morgan fingerprint density at radius 3 is 1.90 bits per heavy atom. The Hall–Kier alpha value is -2.95. The average molecular weight is 266 g/mol. The van der Waals surface area contributed by atoms with Gasteiger partial charge in [0.05, 0.1) is 16.8 Å². The van der Waals surface area contributed by atoms with Crippen molar-refractivity contribution in [1.82, 2.24) is 0 Å². The Morgan fingerprint density at radius 1 is 0.850 bits per heavy atom. The van der Waals surface area contributed by atoms with E-state index in [1.54, 1.807) is 48.5 Å². The molecule has 1 aliphatic heterocycles. The fourth-order valence-electron chi connectivity index (χ4n) is 2.20. The minimum Gasteiger partial charge on any atom is -0.329 e. The van der Waals surface area contributed by atoms with Crippen molar-refractivity contribution in [3.8, 4) is 0 Å². The van der Waals surface area contributed by atoms with E-state index < -0.39 is 0 Å². The molecule has 1 heterocycles. The van der Waals surface area contributed by atoms with Gasteiger partial charge in [0.2, 0.25) is 6.41 Å². The van der Waals surface area contributed by atoms with Crippen LogP contribution in [0.4, 0.5) is 11.4 Å². The summed E-state index contributed by atoms with van der Waals surface area (Å²) in [6.07, 6.45) is 0.566. The molecule has 0 saturated heterocycles. The van der Waals surface area contributed by atoms with Crippen molar-refractivity contribution in [2.45, 2.75) is 0 Å². The molecule has 1 N–H and O–H groups in total. The van der Waals surface area contributed by atoms with Crippen LogP contribution in [-0.2, 0) is 4.79 Å². The highest BCUT2D eigenvalue weighted by Gasteiger charge is 2.36. The van der Waals surface area contributed by atoms with Gasteiger partial charge in [0.15, 0.2) is 0 Å². The zero-order valence-corrected chi connectivity index (χ0v) is 10.4. The molecule has 5 heteroatoms. The normalized spacial score (nSPS) is 13.3. The fourth-order valence-corrected chi connectivity index (χ4v) is 2.20. The summed E-state index contributed by atoms with van der Waals surface area (Å²) < 4.78 is 0. The molecule has 0 atom stereocenters. The second-order valence-corrected chi connectivity index (χ2v) is 4.30. The summed E-state index contributed by atoms with van der Waals surface area (Å²) in [5, 5.41) is 2.50. The molecule has 1 aliphatic rings. The van der Waals surface area contributed by atoms with Gasteiger partial charge in [0.25, 0.3) is 11.8 Å². The standard InChI is InChI=1S/C15H10N2O3/c18-9-16-10-5-7-11(8-6-10)17-14(19)12-3-1-2-4-13(12)15(17)20/h1-9H,(H,16,18). The Labute approximate surface area is 114 Å². The van der Waals surface area contributed by atoms with Crippen LogP contribution in [0.25, 0.3) is 0 Å². The van der Waals surface area contributed by atoms with Crippen LogP contribution in [0.15, 0.2) is 48.5 Å². The Balaban J connectivity index is 1.98. The van der Waals surface area contributed by atoms with Crippen LogP contribution in [-0.4, -0.2) is 18.2 Å². The molecule has 0 aromatic heterocycles. The lowest BCUT2D eigenvalue weighted by Crippen LogP contribution is -2.29. The van der Waals surface area contributed by atoms with Gasteiger partial charge in [0, 0.05) is 5.69 Å². The molecular formula is C15H10N2O3. The van der Waals surface area contributed by atoms with Crippen LogP contribution in [0.2, 0.25) is 0 Å². The molecule has 0 saturated carbocycles. The number of hydrogen-bond acceptors (Lipinski definition) is 3. The van der Waals surface area contributed by atoms with Crippen molar-refractivity contribution in [2.75, 3.05) is 10.2 Å². The van der Waals surface area contributed by atoms with Gasteiger partial charge in [-0.05, 0) is 36.4 Å². The third kappa shape index (κ3) is 1.76. The lowest BCUT2D eigenvalue weighted by atomic mass is 10.1. The van der Waals surface area contributed by atoms with Crippen LogP contribution in [0.3, 0.4) is 0 Å². The van der Waals surface area contributed by atoms with Crippen molar-refractivity contribution in [3.05, 3.63) is 59.7 Å². The van der Waals surface area contributed by atoms with E-state index in [0.29, 0.717) is 28.9 Å². The number of imide groups is 1. The maximum atomic E-state index is 12.3. The lowest BCUT2D eigenvalue weighted by Gasteiger charge is -2.14. The minimum absolute atomic E-state index is 0.332. The van der Waals surface area contributed by atoms with Crippen molar-refractivity contribution >= 4 is 29.6 Å². The smallest absolute Gasteiger partial charge is 0.266 e. The third-order valence-electron chi connectivity index (χ3n) is 3.15. The van der Waals surface area contributed by atoms with E-state index in [4.69, 9.17) is 0 Å². The van der Waals surface area contributed by atoms with E-state index in [1.807, 2.05) is 0 Å². The van der Waals surface area contributed by atoms with Crippen molar-refractivity contribution in [1.29, 1.82) is 0 Å². The summed E-state index contributed by atoms with van der Waals surface area (Å²) >= 11 is 0. The predicted octanol–water partition coefficient (Wildman–Crippen LogP) is 2.06. The fraction of sp³-hybridized carbons (Fsp3) is 0. The molecule has 0 bridgehead atoms. The van der Waals surface area contributed by atoms with Crippen molar-refractivity contribution < 1.29 is 14.4 Å². The van der Waals surface area contributed by atoms with Gasteiger partial charge in [-0.15, -0.1) is 0 Å². The first-order valence-corrected chi connectivity index (χ1v) is 6.00. The number of carbonyl (C=O) groups is 3. The van der Waals surface area contributed by atoms with Crippen LogP contribution in [0.1, 0.15) is 20.7 Å². The second kappa shape index (κ2) is 4.62. The zero-order chi connectivity index (χ0) is 14.1. The predicted molar refractivity (Wildman–Crippen MR) is 73.7 cm³/mol. The average Bonchev–Trinajstić information content (AvgIpc) is 2.73. The zero-order valence-electron chi connectivity index (χ0n) is 10.4. The number of amides is 3. The van der Waals surface area contributed by atoms with E-state index in [0.717, 1.165) is 4.90 Å². The number of hydrogen-bond donors (Lipinski definition) is 1. The van der Waals surface area contributed by atoms with Gasteiger partial charge in [0.1, 0.15) is 0 Å². The maximum absolute atomic E-state index is 12.3. The number of fused-ring (bicyclic) bond motifs is 1. The summed E-state index contributed by atoms with van der Waals surface area (Å²) in [7, 11) is 0. The topological polar surface area (TPSA) is 66.5 Å². The van der Waals surface area contributed by atoms with Crippen LogP contribution in [0.5, 0.6) is 0 Å². The first-order chi connectivity index (χ1) is 9.72. The molecule has 98 valence electrons. The van der Waals surface area contributed by atoms with Gasteiger partial charge in [-0.3, -0.25) is 14.4 Å². The van der Waals surface area contributed by atoms with Gasteiger partial charge >= 0.3 is 0 Å². The molecule has 2 aromatic carbocycles. The summed E-state index contributed by atoms with van der Waals surface area (Å²) in [5.74, 6) is -0.664. The Bertz CT molecular complexity index is 672. The number of nitrogens with one attached hydrogen (secondary N) is 1. The molecule has 0 fully saturated rings. The molecule has 0 spiro atoms. The third-order valence-corrected chi connectivity index (χ3v) is 3.15. The minimum atomic E-state index is -0.332. The van der Waals surface area contributed by atoms with Crippen LogP contribution < -0.4 is 10.2 Å². The second-order valence-electron chi connectivity index (χ2n) is 4.30. The molecule has 2 aromatic rings. The highest BCUT2D eigenvalue weighted by atomic mass is 16.2. The van der Waals surface area contributed by atoms with E-state index in [1.165, 1.54) is 0 Å². The highest BCUT2D eigenvalue weighted by molar-refractivity contribution is 6.34. The molecule has 20 heavy (non-hydrogen) atoms. The van der Waals surface area contributed by atoms with Gasteiger partial charge in [-0.25, -0.2) is 4.90 Å². The first-order valence-electron chi connectivity index (χ1n) is 6.00. The van der Waals surface area contributed by atoms with Gasteiger partial charge < -0.3 is 5.32 Å². The Morgan fingerprint density at radius 2 is 1.40 bits per heavy atom. The van der Waals surface area contributed by atoms with Gasteiger partial charge in [-0.1, -0.05) is 12.1 Å². The van der Waals surface area contributed by atoms with Gasteiger partial charge in [-0.2, -0.15) is 0 Å². The first kappa shape index (κ1) is 12.1. The van der Waals surface area contributed by atoms with E-state index in [-0.39, 0.29) is 11.8 Å². The maximum Gasteiger partial charge on any atom is 0.266 e. The summed E-state index contributed by atoms with van der Waals surface area (Å²) in [6, 6.07) is 13.2. The van der Waals surface area contributed by atoms with E-state index in [2.05, 4.69) is 5.32 Å². The molecule has 0 unspecified atom stereocenters. The summed E-state index contributed by atoms with van der Waals surface area (Å²) in [6.45, 7) is 0. The highest BCUT2D eigenvalue weighted by Crippen LogP contribution is 2.28. The monoisotopic (exact) mass is 266 g/mol. The summed E-state index contributed by atoms with van der Waals surface area (Å²) in [5.41, 5.74) is 1.90. The largest absolute Gasteiger partial charge is 0.329 e. The number of benzene rings is 2. The SMILES string of the molecule is O=CNc1ccc(N2C(=O)c3ccccc3C2=O)cc1. The molecule has 3 amide bonds. The van der Waals surface area contributed by atoms with E-state index >= 15 is 0 Å². The quantitative estimate of drug-likeness (QED) is 0.683. The number of nitrogens with zero attached hydrogens (tertiary/aromatic N) is 1. The van der Waals surface area contributed by atoms with Crippen LogP contribution in [0, 0.1) is 0 Å². The van der Waals surface area contributed by atoms with Crippen molar-refractivity contribution in [2.24, 2.45) is 0 Å². The molecule has 5 nitrogen and oxygen atoms in total. The molecular weight excluding hydrogens is 256 g/mol. The van der Waals surface area contributed by atoms with Crippen molar-refractivity contribution in [3.63, 3.8) is 0 Å². The lowest BCUT2D eigenvalue weighted by molar-refractivity contribution is -0.105. The number of rotatable bonds is 3. The van der Waals surface area contributed by atoms with E-state index in [9.17, 15) is 14.4 Å². The van der Waals surface area contributed by atoms with Crippen LogP contribution >= 0.6 is 0 Å². The summed E-state index contributed by atoms with van der Waals surface area (Å²) in [4.78, 5) is 36.0.